The lowest BCUT2D eigenvalue weighted by atomic mass is 10.0. The molecule has 0 aliphatic carbocycles. The number of aryl methyl sites for hydroxylation is 2. The van der Waals surface area contributed by atoms with E-state index in [2.05, 4.69) is 10.1 Å². The average Bonchev–Trinajstić information content (AvgIpc) is 2.77. The normalized spacial score (nSPS) is 11.1. The molecule has 0 bridgehead atoms. The second kappa shape index (κ2) is 4.87. The van der Waals surface area contributed by atoms with Crippen molar-refractivity contribution in [1.29, 1.82) is 0 Å². The first-order valence-electron chi connectivity index (χ1n) is 5.81. The van der Waals surface area contributed by atoms with Gasteiger partial charge in [-0.25, -0.2) is 0 Å². The van der Waals surface area contributed by atoms with Crippen molar-refractivity contribution in [3.8, 4) is 11.1 Å². The minimum atomic E-state index is 0.804. The zero-order valence-electron chi connectivity index (χ0n) is 10.5. The van der Waals surface area contributed by atoms with Crippen molar-refractivity contribution in [1.82, 2.24) is 10.1 Å². The van der Waals surface area contributed by atoms with Gasteiger partial charge >= 0.3 is 0 Å². The van der Waals surface area contributed by atoms with E-state index >= 15 is 0 Å². The fraction of sp³-hybridized carbons (Fsp3) is 0.143. The summed E-state index contributed by atoms with van der Waals surface area (Å²) in [5, 5.41) is 5.05. The maximum atomic E-state index is 5.97. The van der Waals surface area contributed by atoms with Gasteiger partial charge in [-0.2, -0.15) is 0 Å². The number of hydrogen-bond donors (Lipinski definition) is 0. The fourth-order valence-corrected chi connectivity index (χ4v) is 3.06. The first kappa shape index (κ1) is 12.5. The maximum absolute atomic E-state index is 5.97. The smallest absolute Gasteiger partial charge is 0.141 e. The maximum Gasteiger partial charge on any atom is 0.141 e. The van der Waals surface area contributed by atoms with Gasteiger partial charge in [-0.3, -0.25) is 4.98 Å². The highest BCUT2D eigenvalue weighted by atomic mass is 35.7. The van der Waals surface area contributed by atoms with Gasteiger partial charge in [0.2, 0.25) is 0 Å². The number of aromatic nitrogens is 2. The molecule has 3 nitrogen and oxygen atoms in total. The van der Waals surface area contributed by atoms with Crippen molar-refractivity contribution in [2.24, 2.45) is 0 Å². The Morgan fingerprint density at radius 2 is 2.11 bits per heavy atom. The van der Waals surface area contributed by atoms with Crippen LogP contribution >= 0.6 is 21.7 Å². The van der Waals surface area contributed by atoms with E-state index in [-0.39, 0.29) is 0 Å². The van der Waals surface area contributed by atoms with E-state index < -0.39 is 0 Å². The molecule has 0 aliphatic heterocycles. The molecule has 0 atom stereocenters. The molecule has 0 saturated carbocycles. The lowest BCUT2D eigenvalue weighted by Gasteiger charge is -2.06. The second-order valence-electron chi connectivity index (χ2n) is 4.32. The molecule has 1 aromatic carbocycles. The van der Waals surface area contributed by atoms with E-state index in [0.29, 0.717) is 0 Å². The van der Waals surface area contributed by atoms with Crippen LogP contribution in [-0.4, -0.2) is 10.1 Å². The molecule has 3 aromatic rings. The van der Waals surface area contributed by atoms with Crippen LogP contribution in [0.5, 0.6) is 0 Å². The second-order valence-corrected chi connectivity index (χ2v) is 5.38. The van der Waals surface area contributed by atoms with Crippen LogP contribution in [-0.2, 0) is 0 Å². The van der Waals surface area contributed by atoms with Crippen LogP contribution in [0.2, 0.25) is 0 Å². The third kappa shape index (κ3) is 2.11. The van der Waals surface area contributed by atoms with E-state index in [1.165, 1.54) is 11.0 Å². The largest absolute Gasteiger partial charge is 0.361 e. The summed E-state index contributed by atoms with van der Waals surface area (Å²) in [5.74, 6) is 0.804. The Balaban J connectivity index is 2.31. The Kier molecular flexibility index (Phi) is 3.21. The van der Waals surface area contributed by atoms with Crippen molar-refractivity contribution in [3.05, 3.63) is 41.9 Å². The molecule has 19 heavy (non-hydrogen) atoms. The van der Waals surface area contributed by atoms with Crippen LogP contribution in [0.1, 0.15) is 11.5 Å². The molecule has 0 spiro atoms. The van der Waals surface area contributed by atoms with Gasteiger partial charge in [-0.1, -0.05) is 11.2 Å². The van der Waals surface area contributed by atoms with Crippen LogP contribution in [0.15, 0.2) is 39.9 Å². The van der Waals surface area contributed by atoms with Crippen LogP contribution in [0.4, 0.5) is 0 Å². The summed E-state index contributed by atoms with van der Waals surface area (Å²) in [6.07, 6.45) is 1.78. The number of rotatable bonds is 2. The summed E-state index contributed by atoms with van der Waals surface area (Å²) in [4.78, 5) is 5.38. The molecule has 0 amide bonds. The van der Waals surface area contributed by atoms with Crippen molar-refractivity contribution >= 4 is 32.6 Å². The Hall–Kier alpha value is -1.52. The summed E-state index contributed by atoms with van der Waals surface area (Å²) < 4.78 is 5.23. The predicted octanol–water partition coefficient (Wildman–Crippen LogP) is 4.75. The van der Waals surface area contributed by atoms with Crippen molar-refractivity contribution in [2.45, 2.75) is 18.7 Å². The molecule has 0 radical (unpaired) electrons. The van der Waals surface area contributed by atoms with E-state index in [9.17, 15) is 0 Å². The summed E-state index contributed by atoms with van der Waals surface area (Å²) in [6, 6.07) is 8.02. The number of benzene rings is 1. The van der Waals surface area contributed by atoms with E-state index in [0.717, 1.165) is 38.4 Å². The zero-order valence-corrected chi connectivity index (χ0v) is 12.0. The summed E-state index contributed by atoms with van der Waals surface area (Å²) in [6.45, 7) is 3.84. The van der Waals surface area contributed by atoms with Crippen LogP contribution in [0.25, 0.3) is 22.0 Å². The quantitative estimate of drug-likeness (QED) is 0.682. The summed E-state index contributed by atoms with van der Waals surface area (Å²) >= 11 is 0. The van der Waals surface area contributed by atoms with Crippen molar-refractivity contribution < 1.29 is 4.52 Å². The zero-order chi connectivity index (χ0) is 13.4. The van der Waals surface area contributed by atoms with Crippen molar-refractivity contribution in [2.75, 3.05) is 0 Å². The average molecular weight is 291 g/mol. The van der Waals surface area contributed by atoms with Gasteiger partial charge in [0.25, 0.3) is 0 Å². The molecular formula is C14H11ClN2OS. The molecule has 0 aliphatic rings. The molecular weight excluding hydrogens is 280 g/mol. The van der Waals surface area contributed by atoms with E-state index in [1.54, 1.807) is 6.20 Å². The molecule has 3 rings (SSSR count). The third-order valence-electron chi connectivity index (χ3n) is 3.09. The van der Waals surface area contributed by atoms with Crippen LogP contribution in [0, 0.1) is 13.8 Å². The SMILES string of the molecule is Cc1noc(C)c1-c1cc(SCl)c2cccnc2c1. The molecule has 0 N–H and O–H groups in total. The molecule has 0 saturated heterocycles. The van der Waals surface area contributed by atoms with E-state index in [1.807, 2.05) is 38.1 Å². The van der Waals surface area contributed by atoms with Gasteiger partial charge in [0, 0.05) is 22.0 Å². The summed E-state index contributed by atoms with van der Waals surface area (Å²) in [5.41, 5.74) is 3.84. The highest BCUT2D eigenvalue weighted by molar-refractivity contribution is 8.21. The van der Waals surface area contributed by atoms with E-state index in [4.69, 9.17) is 15.2 Å². The molecule has 5 heteroatoms. The first-order chi connectivity index (χ1) is 9.20. The first-order valence-corrected chi connectivity index (χ1v) is 7.45. The highest BCUT2D eigenvalue weighted by Gasteiger charge is 2.14. The Labute approximate surface area is 119 Å². The van der Waals surface area contributed by atoms with Gasteiger partial charge in [0.05, 0.1) is 11.2 Å². The minimum Gasteiger partial charge on any atom is -0.361 e. The lowest BCUT2D eigenvalue weighted by Crippen LogP contribution is -1.86. The Bertz CT molecular complexity index is 735. The third-order valence-corrected chi connectivity index (χ3v) is 4.09. The molecule has 0 fully saturated rings. The minimum absolute atomic E-state index is 0.804. The highest BCUT2D eigenvalue weighted by Crippen LogP contribution is 2.36. The monoisotopic (exact) mass is 290 g/mol. The van der Waals surface area contributed by atoms with Crippen molar-refractivity contribution in [3.63, 3.8) is 0 Å². The molecule has 2 aromatic heterocycles. The fourth-order valence-electron chi connectivity index (χ4n) is 2.25. The lowest BCUT2D eigenvalue weighted by molar-refractivity contribution is 0.393. The number of pyridine rings is 1. The predicted molar refractivity (Wildman–Crippen MR) is 78.4 cm³/mol. The van der Waals surface area contributed by atoms with Gasteiger partial charge in [0.15, 0.2) is 0 Å². The topological polar surface area (TPSA) is 38.9 Å². The molecule has 0 unspecified atom stereocenters. The van der Waals surface area contributed by atoms with Gasteiger partial charge in [0.1, 0.15) is 5.76 Å². The Morgan fingerprint density at radius 3 is 2.79 bits per heavy atom. The van der Waals surface area contributed by atoms with Crippen LogP contribution in [0.3, 0.4) is 0 Å². The summed E-state index contributed by atoms with van der Waals surface area (Å²) in [7, 11) is 7.17. The number of nitrogens with zero attached hydrogens (tertiary/aromatic N) is 2. The number of fused-ring (bicyclic) bond motifs is 1. The van der Waals surface area contributed by atoms with Gasteiger partial charge < -0.3 is 4.52 Å². The van der Waals surface area contributed by atoms with Gasteiger partial charge in [-0.05, 0) is 59.3 Å². The number of hydrogen-bond acceptors (Lipinski definition) is 4. The Morgan fingerprint density at radius 1 is 1.26 bits per heavy atom. The van der Waals surface area contributed by atoms with Gasteiger partial charge in [-0.15, -0.1) is 0 Å². The standard InChI is InChI=1S/C14H11ClN2OS/c1-8-14(9(2)18-17-8)10-6-12-11(4-3-5-16-12)13(7-10)19-15/h3-7H,1-2H3. The molecule has 2 heterocycles. The van der Waals surface area contributed by atoms with Crippen LogP contribution < -0.4 is 0 Å². The number of halogens is 1. The molecule has 96 valence electrons.